The van der Waals surface area contributed by atoms with Crippen LogP contribution in [0.15, 0.2) is 42.5 Å². The van der Waals surface area contributed by atoms with Crippen molar-refractivity contribution in [3.8, 4) is 5.75 Å². The Labute approximate surface area is 179 Å². The van der Waals surface area contributed by atoms with Gasteiger partial charge >= 0.3 is 5.97 Å². The molecule has 1 heterocycles. The predicted molar refractivity (Wildman–Crippen MR) is 114 cm³/mol. The van der Waals surface area contributed by atoms with Crippen molar-refractivity contribution in [2.24, 2.45) is 5.92 Å². The Kier molecular flexibility index (Phi) is 6.95. The molecule has 7 nitrogen and oxygen atoms in total. The van der Waals surface area contributed by atoms with Crippen molar-refractivity contribution in [3.05, 3.63) is 53.1 Å². The van der Waals surface area contributed by atoms with Gasteiger partial charge in [0, 0.05) is 23.7 Å². The molecule has 8 heteroatoms. The van der Waals surface area contributed by atoms with Gasteiger partial charge in [-0.3, -0.25) is 14.4 Å². The van der Waals surface area contributed by atoms with Gasteiger partial charge in [0.15, 0.2) is 6.61 Å². The molecule has 1 atom stereocenters. The molecule has 158 valence electrons. The molecule has 1 aliphatic heterocycles. The summed E-state index contributed by atoms with van der Waals surface area (Å²) in [6.07, 6.45) is 0.836. The molecule has 2 aromatic carbocycles. The number of methoxy groups -OCH3 is 1. The van der Waals surface area contributed by atoms with Crippen LogP contribution in [0.1, 0.15) is 18.9 Å². The van der Waals surface area contributed by atoms with Crippen molar-refractivity contribution in [3.63, 3.8) is 0 Å². The third kappa shape index (κ3) is 4.91. The molecule has 0 aliphatic carbocycles. The Bertz CT molecular complexity index is 962. The van der Waals surface area contributed by atoms with Crippen LogP contribution in [0.2, 0.25) is 5.02 Å². The number of para-hydroxylation sites is 1. The first kappa shape index (κ1) is 21.6. The molecule has 0 saturated carbocycles. The lowest BCUT2D eigenvalue weighted by Crippen LogP contribution is -2.28. The zero-order valence-corrected chi connectivity index (χ0v) is 17.6. The SMILES string of the molecule is CCc1ccccc1N1C[C@H](C(=O)OCC(=O)Nc2cc(Cl)ccc2OC)CC1=O. The van der Waals surface area contributed by atoms with E-state index >= 15 is 0 Å². The highest BCUT2D eigenvalue weighted by atomic mass is 35.5. The minimum Gasteiger partial charge on any atom is -0.495 e. The van der Waals surface area contributed by atoms with Crippen LogP contribution < -0.4 is 15.0 Å². The van der Waals surface area contributed by atoms with Crippen LogP contribution in [-0.2, 0) is 25.5 Å². The molecule has 1 saturated heterocycles. The lowest BCUT2D eigenvalue weighted by molar-refractivity contribution is -0.151. The molecule has 1 N–H and O–H groups in total. The number of esters is 1. The van der Waals surface area contributed by atoms with E-state index in [-0.39, 0.29) is 18.9 Å². The van der Waals surface area contributed by atoms with E-state index < -0.39 is 24.4 Å². The van der Waals surface area contributed by atoms with Crippen molar-refractivity contribution >= 4 is 40.8 Å². The molecule has 0 unspecified atom stereocenters. The Hall–Kier alpha value is -3.06. The molecule has 0 spiro atoms. The maximum atomic E-state index is 12.5. The second-order valence-corrected chi connectivity index (χ2v) is 7.32. The van der Waals surface area contributed by atoms with E-state index in [0.717, 1.165) is 17.7 Å². The highest BCUT2D eigenvalue weighted by molar-refractivity contribution is 6.31. The summed E-state index contributed by atoms with van der Waals surface area (Å²) >= 11 is 5.94. The number of hydrogen-bond acceptors (Lipinski definition) is 5. The normalized spacial score (nSPS) is 15.8. The van der Waals surface area contributed by atoms with E-state index in [0.29, 0.717) is 16.5 Å². The maximum Gasteiger partial charge on any atom is 0.311 e. The molecular weight excluding hydrogens is 408 g/mol. The monoisotopic (exact) mass is 430 g/mol. The van der Waals surface area contributed by atoms with Crippen LogP contribution in [0, 0.1) is 5.92 Å². The first-order chi connectivity index (χ1) is 14.4. The summed E-state index contributed by atoms with van der Waals surface area (Å²) in [6, 6.07) is 12.4. The van der Waals surface area contributed by atoms with Gasteiger partial charge < -0.3 is 19.7 Å². The third-order valence-corrected chi connectivity index (χ3v) is 5.14. The van der Waals surface area contributed by atoms with E-state index in [2.05, 4.69) is 5.32 Å². The van der Waals surface area contributed by atoms with Crippen molar-refractivity contribution in [2.75, 3.05) is 30.5 Å². The second-order valence-electron chi connectivity index (χ2n) is 6.89. The molecule has 0 aromatic heterocycles. The Morgan fingerprint density at radius 3 is 2.73 bits per heavy atom. The number of hydrogen-bond donors (Lipinski definition) is 1. The van der Waals surface area contributed by atoms with Crippen LogP contribution in [0.3, 0.4) is 0 Å². The topological polar surface area (TPSA) is 84.9 Å². The smallest absolute Gasteiger partial charge is 0.311 e. The zero-order valence-electron chi connectivity index (χ0n) is 16.8. The summed E-state index contributed by atoms with van der Waals surface area (Å²) in [5.74, 6) is -1.41. The van der Waals surface area contributed by atoms with Crippen molar-refractivity contribution in [2.45, 2.75) is 19.8 Å². The standard InChI is InChI=1S/C22H23ClN2O5/c1-3-14-6-4-5-7-18(14)25-12-15(10-21(25)27)22(28)30-13-20(26)24-17-11-16(23)8-9-19(17)29-2/h4-9,11,15H,3,10,12-13H2,1-2H3,(H,24,26)/t15-/m1/s1. The fraction of sp³-hybridized carbons (Fsp3) is 0.318. The number of amides is 2. The van der Waals surface area contributed by atoms with Gasteiger partial charge in [0.1, 0.15) is 5.75 Å². The molecule has 2 amide bonds. The summed E-state index contributed by atoms with van der Waals surface area (Å²) in [5.41, 5.74) is 2.23. The van der Waals surface area contributed by atoms with E-state index in [1.54, 1.807) is 23.1 Å². The summed E-state index contributed by atoms with van der Waals surface area (Å²) < 4.78 is 10.3. The van der Waals surface area contributed by atoms with Crippen LogP contribution in [0.5, 0.6) is 5.75 Å². The molecule has 0 bridgehead atoms. The number of rotatable bonds is 7. The van der Waals surface area contributed by atoms with Gasteiger partial charge in [0.25, 0.3) is 5.91 Å². The Morgan fingerprint density at radius 2 is 2.00 bits per heavy atom. The quantitative estimate of drug-likeness (QED) is 0.680. The van der Waals surface area contributed by atoms with Gasteiger partial charge in [-0.15, -0.1) is 0 Å². The first-order valence-corrected chi connectivity index (χ1v) is 9.99. The molecule has 3 rings (SSSR count). The van der Waals surface area contributed by atoms with E-state index in [4.69, 9.17) is 21.1 Å². The highest BCUT2D eigenvalue weighted by Crippen LogP contribution is 2.29. The fourth-order valence-electron chi connectivity index (χ4n) is 3.39. The van der Waals surface area contributed by atoms with Gasteiger partial charge in [0.05, 0.1) is 18.7 Å². The van der Waals surface area contributed by atoms with Crippen molar-refractivity contribution < 1.29 is 23.9 Å². The van der Waals surface area contributed by atoms with Crippen molar-refractivity contribution in [1.29, 1.82) is 0 Å². The minimum absolute atomic E-state index is 0.0562. The fourth-order valence-corrected chi connectivity index (χ4v) is 3.56. The number of aryl methyl sites for hydroxylation is 1. The molecule has 1 aliphatic rings. The molecule has 0 radical (unpaired) electrons. The molecular formula is C22H23ClN2O5. The van der Waals surface area contributed by atoms with Gasteiger partial charge in [-0.25, -0.2) is 0 Å². The Morgan fingerprint density at radius 1 is 1.23 bits per heavy atom. The lowest BCUT2D eigenvalue weighted by Gasteiger charge is -2.19. The number of nitrogens with zero attached hydrogens (tertiary/aromatic N) is 1. The summed E-state index contributed by atoms with van der Waals surface area (Å²) in [7, 11) is 1.47. The highest BCUT2D eigenvalue weighted by Gasteiger charge is 2.37. The number of halogens is 1. The molecule has 1 fully saturated rings. The predicted octanol–water partition coefficient (Wildman–Crippen LogP) is 3.45. The third-order valence-electron chi connectivity index (χ3n) is 4.90. The van der Waals surface area contributed by atoms with Gasteiger partial charge in [0.2, 0.25) is 5.91 Å². The molecule has 30 heavy (non-hydrogen) atoms. The van der Waals surface area contributed by atoms with E-state index in [1.807, 2.05) is 31.2 Å². The zero-order chi connectivity index (χ0) is 21.7. The number of benzene rings is 2. The van der Waals surface area contributed by atoms with Gasteiger partial charge in [-0.05, 0) is 36.2 Å². The molecule has 2 aromatic rings. The maximum absolute atomic E-state index is 12.5. The largest absolute Gasteiger partial charge is 0.495 e. The lowest BCUT2D eigenvalue weighted by atomic mass is 10.1. The van der Waals surface area contributed by atoms with E-state index in [9.17, 15) is 14.4 Å². The van der Waals surface area contributed by atoms with Crippen LogP contribution >= 0.6 is 11.6 Å². The number of carbonyl (C=O) groups is 3. The number of ether oxygens (including phenoxy) is 2. The number of carbonyl (C=O) groups excluding carboxylic acids is 3. The summed E-state index contributed by atoms with van der Waals surface area (Å²) in [5, 5.41) is 3.03. The van der Waals surface area contributed by atoms with Crippen LogP contribution in [0.25, 0.3) is 0 Å². The average molecular weight is 431 g/mol. The number of nitrogens with one attached hydrogen (secondary N) is 1. The number of anilines is 2. The van der Waals surface area contributed by atoms with Gasteiger partial charge in [-0.2, -0.15) is 0 Å². The second kappa shape index (κ2) is 9.63. The van der Waals surface area contributed by atoms with E-state index in [1.165, 1.54) is 7.11 Å². The summed E-state index contributed by atoms with van der Waals surface area (Å²) in [4.78, 5) is 38.7. The average Bonchev–Trinajstić information content (AvgIpc) is 3.13. The summed E-state index contributed by atoms with van der Waals surface area (Å²) in [6.45, 7) is 1.78. The van der Waals surface area contributed by atoms with Crippen LogP contribution in [0.4, 0.5) is 11.4 Å². The minimum atomic E-state index is -0.615. The van der Waals surface area contributed by atoms with Crippen LogP contribution in [-0.4, -0.2) is 38.0 Å². The van der Waals surface area contributed by atoms with Gasteiger partial charge in [-0.1, -0.05) is 36.7 Å². The Balaban J connectivity index is 1.57. The van der Waals surface area contributed by atoms with Crippen molar-refractivity contribution in [1.82, 2.24) is 0 Å². The first-order valence-electron chi connectivity index (χ1n) is 9.61.